The third-order valence-electron chi connectivity index (χ3n) is 2.40. The minimum absolute atomic E-state index is 0.115. The van der Waals surface area contributed by atoms with Crippen LogP contribution in [0.2, 0.25) is 0 Å². The molecule has 2 rings (SSSR count). The van der Waals surface area contributed by atoms with Gasteiger partial charge in [0, 0.05) is 6.61 Å². The van der Waals surface area contributed by atoms with Crippen molar-refractivity contribution in [2.75, 3.05) is 6.61 Å². The van der Waals surface area contributed by atoms with Crippen molar-refractivity contribution >= 4 is 0 Å². The van der Waals surface area contributed by atoms with Crippen molar-refractivity contribution in [2.24, 2.45) is 0 Å². The van der Waals surface area contributed by atoms with Crippen LogP contribution in [-0.4, -0.2) is 6.61 Å². The quantitative estimate of drug-likeness (QED) is 0.645. The van der Waals surface area contributed by atoms with Gasteiger partial charge in [-0.05, 0) is 37.0 Å². The second-order valence-corrected chi connectivity index (χ2v) is 3.41. The standard InChI is InChI=1S/C11H13FO/c12-10-5-3-4-9(8-10)11-6-1-2-7-13-11/h3-5,8,11H,1-2,6-7H2. The first-order chi connectivity index (χ1) is 6.36. The molecule has 0 bridgehead atoms. The number of hydrogen-bond donors (Lipinski definition) is 0. The summed E-state index contributed by atoms with van der Waals surface area (Å²) >= 11 is 0. The van der Waals surface area contributed by atoms with Crippen molar-refractivity contribution in [2.45, 2.75) is 25.4 Å². The highest BCUT2D eigenvalue weighted by molar-refractivity contribution is 5.19. The van der Waals surface area contributed by atoms with E-state index in [0.29, 0.717) is 0 Å². The zero-order valence-electron chi connectivity index (χ0n) is 7.50. The molecule has 1 aromatic rings. The van der Waals surface area contributed by atoms with Gasteiger partial charge in [0.25, 0.3) is 0 Å². The van der Waals surface area contributed by atoms with Crippen LogP contribution in [0, 0.1) is 5.82 Å². The molecule has 1 aliphatic rings. The van der Waals surface area contributed by atoms with Crippen LogP contribution >= 0.6 is 0 Å². The van der Waals surface area contributed by atoms with Gasteiger partial charge in [-0.15, -0.1) is 0 Å². The minimum Gasteiger partial charge on any atom is -0.374 e. The Kier molecular flexibility index (Phi) is 2.60. The average Bonchev–Trinajstić information content (AvgIpc) is 2.19. The summed E-state index contributed by atoms with van der Waals surface area (Å²) < 4.78 is 18.4. The van der Waals surface area contributed by atoms with Crippen LogP contribution < -0.4 is 0 Å². The maximum atomic E-state index is 12.9. The zero-order chi connectivity index (χ0) is 9.10. The lowest BCUT2D eigenvalue weighted by molar-refractivity contribution is 0.0148. The fraction of sp³-hybridized carbons (Fsp3) is 0.455. The monoisotopic (exact) mass is 180 g/mol. The van der Waals surface area contributed by atoms with Crippen molar-refractivity contribution in [1.82, 2.24) is 0 Å². The van der Waals surface area contributed by atoms with E-state index in [4.69, 9.17) is 4.74 Å². The fourth-order valence-electron chi connectivity index (χ4n) is 1.71. The Hall–Kier alpha value is -0.890. The van der Waals surface area contributed by atoms with Gasteiger partial charge in [-0.3, -0.25) is 0 Å². The van der Waals surface area contributed by atoms with Gasteiger partial charge in [0.2, 0.25) is 0 Å². The Labute approximate surface area is 77.5 Å². The molecule has 1 atom stereocenters. The van der Waals surface area contributed by atoms with Gasteiger partial charge in [-0.1, -0.05) is 12.1 Å². The molecule has 70 valence electrons. The van der Waals surface area contributed by atoms with E-state index in [1.807, 2.05) is 6.07 Å². The van der Waals surface area contributed by atoms with Crippen molar-refractivity contribution in [3.05, 3.63) is 35.6 Å². The number of rotatable bonds is 1. The van der Waals surface area contributed by atoms with E-state index < -0.39 is 0 Å². The second-order valence-electron chi connectivity index (χ2n) is 3.41. The molecule has 0 amide bonds. The Morgan fingerprint density at radius 2 is 2.23 bits per heavy atom. The van der Waals surface area contributed by atoms with E-state index in [-0.39, 0.29) is 11.9 Å². The van der Waals surface area contributed by atoms with Gasteiger partial charge < -0.3 is 4.74 Å². The molecule has 0 spiro atoms. The van der Waals surface area contributed by atoms with Crippen LogP contribution in [0.3, 0.4) is 0 Å². The van der Waals surface area contributed by atoms with E-state index in [2.05, 4.69) is 0 Å². The highest BCUT2D eigenvalue weighted by Gasteiger charge is 2.15. The molecular formula is C11H13FO. The molecular weight excluding hydrogens is 167 g/mol. The van der Waals surface area contributed by atoms with E-state index in [1.54, 1.807) is 12.1 Å². The van der Waals surface area contributed by atoms with Gasteiger partial charge in [0.15, 0.2) is 0 Å². The number of hydrogen-bond acceptors (Lipinski definition) is 1. The molecule has 1 aromatic carbocycles. The van der Waals surface area contributed by atoms with E-state index >= 15 is 0 Å². The van der Waals surface area contributed by atoms with Gasteiger partial charge in [0.1, 0.15) is 5.82 Å². The maximum Gasteiger partial charge on any atom is 0.123 e. The van der Waals surface area contributed by atoms with Crippen molar-refractivity contribution in [3.8, 4) is 0 Å². The highest BCUT2D eigenvalue weighted by Crippen LogP contribution is 2.27. The summed E-state index contributed by atoms with van der Waals surface area (Å²) in [6.45, 7) is 0.807. The van der Waals surface area contributed by atoms with Crippen molar-refractivity contribution in [3.63, 3.8) is 0 Å². The fourth-order valence-corrected chi connectivity index (χ4v) is 1.71. The Bertz CT molecular complexity index is 279. The van der Waals surface area contributed by atoms with E-state index in [0.717, 1.165) is 25.0 Å². The first-order valence-electron chi connectivity index (χ1n) is 4.73. The largest absolute Gasteiger partial charge is 0.374 e. The highest BCUT2D eigenvalue weighted by atomic mass is 19.1. The predicted octanol–water partition coefficient (Wildman–Crippen LogP) is 3.07. The molecule has 1 aliphatic heterocycles. The molecule has 13 heavy (non-hydrogen) atoms. The number of halogens is 1. The van der Waals surface area contributed by atoms with Gasteiger partial charge in [-0.2, -0.15) is 0 Å². The molecule has 0 radical (unpaired) electrons. The van der Waals surface area contributed by atoms with Crippen LogP contribution in [0.15, 0.2) is 24.3 Å². The first-order valence-corrected chi connectivity index (χ1v) is 4.73. The molecule has 2 heteroatoms. The van der Waals surface area contributed by atoms with Gasteiger partial charge in [-0.25, -0.2) is 4.39 Å². The molecule has 1 saturated heterocycles. The summed E-state index contributed by atoms with van der Waals surface area (Å²) in [5.74, 6) is -0.174. The maximum absolute atomic E-state index is 12.9. The summed E-state index contributed by atoms with van der Waals surface area (Å²) in [7, 11) is 0. The van der Waals surface area contributed by atoms with E-state index in [1.165, 1.54) is 12.5 Å². The van der Waals surface area contributed by atoms with Crippen LogP contribution in [0.4, 0.5) is 4.39 Å². The Morgan fingerprint density at radius 1 is 1.31 bits per heavy atom. The smallest absolute Gasteiger partial charge is 0.123 e. The SMILES string of the molecule is Fc1cccc(C2CCCCO2)c1. The topological polar surface area (TPSA) is 9.23 Å². The summed E-state index contributed by atoms with van der Waals surface area (Å²) in [6, 6.07) is 6.70. The predicted molar refractivity (Wildman–Crippen MR) is 48.9 cm³/mol. The molecule has 0 aliphatic carbocycles. The summed E-state index contributed by atoms with van der Waals surface area (Å²) in [5.41, 5.74) is 0.972. The third kappa shape index (κ3) is 2.07. The molecule has 1 unspecified atom stereocenters. The summed E-state index contributed by atoms with van der Waals surface area (Å²) in [6.07, 6.45) is 3.45. The van der Waals surface area contributed by atoms with Crippen LogP contribution in [0.1, 0.15) is 30.9 Å². The molecule has 0 N–H and O–H groups in total. The van der Waals surface area contributed by atoms with Crippen LogP contribution in [0.5, 0.6) is 0 Å². The Morgan fingerprint density at radius 3 is 2.92 bits per heavy atom. The first kappa shape index (κ1) is 8.70. The molecule has 1 heterocycles. The summed E-state index contributed by atoms with van der Waals surface area (Å²) in [4.78, 5) is 0. The lowest BCUT2D eigenvalue weighted by atomic mass is 10.0. The van der Waals surface area contributed by atoms with E-state index in [9.17, 15) is 4.39 Å². The molecule has 0 aromatic heterocycles. The molecule has 1 fully saturated rings. The lowest BCUT2D eigenvalue weighted by Gasteiger charge is -2.22. The van der Waals surface area contributed by atoms with Gasteiger partial charge in [0.05, 0.1) is 6.10 Å². The number of benzene rings is 1. The van der Waals surface area contributed by atoms with Gasteiger partial charge >= 0.3 is 0 Å². The number of ether oxygens (including phenoxy) is 1. The second kappa shape index (κ2) is 3.88. The minimum atomic E-state index is -0.174. The zero-order valence-corrected chi connectivity index (χ0v) is 7.50. The lowest BCUT2D eigenvalue weighted by Crippen LogP contribution is -2.11. The normalized spacial score (nSPS) is 23.0. The molecule has 1 nitrogen and oxygen atoms in total. The van der Waals surface area contributed by atoms with Crippen molar-refractivity contribution < 1.29 is 9.13 Å². The average molecular weight is 180 g/mol. The Balaban J connectivity index is 2.14. The third-order valence-corrected chi connectivity index (χ3v) is 2.40. The van der Waals surface area contributed by atoms with Crippen molar-refractivity contribution in [1.29, 1.82) is 0 Å². The van der Waals surface area contributed by atoms with Crippen LogP contribution in [0.25, 0.3) is 0 Å². The molecule has 0 saturated carbocycles. The summed E-state index contributed by atoms with van der Waals surface area (Å²) in [5, 5.41) is 0. The van der Waals surface area contributed by atoms with Crippen LogP contribution in [-0.2, 0) is 4.74 Å².